The summed E-state index contributed by atoms with van der Waals surface area (Å²) in [5.74, 6) is 0.761. The topological polar surface area (TPSA) is 74.1 Å². The first-order chi connectivity index (χ1) is 12.1. The Hall–Kier alpha value is -2.36. The minimum absolute atomic E-state index is 0.0772. The van der Waals surface area contributed by atoms with Gasteiger partial charge >= 0.3 is 0 Å². The maximum Gasteiger partial charge on any atom is 0.225 e. The smallest absolute Gasteiger partial charge is 0.225 e. The number of anilines is 1. The quantitative estimate of drug-likeness (QED) is 0.864. The third kappa shape index (κ3) is 3.68. The molecule has 0 radical (unpaired) electrons. The molecule has 130 valence electrons. The van der Waals surface area contributed by atoms with Crippen molar-refractivity contribution in [1.29, 1.82) is 5.26 Å². The average Bonchev–Trinajstić information content (AvgIpc) is 2.96. The van der Waals surface area contributed by atoms with Crippen molar-refractivity contribution in [1.82, 2.24) is 5.32 Å². The normalized spacial score (nSPS) is 13.0. The lowest BCUT2D eigenvalue weighted by Gasteiger charge is -2.11. The van der Waals surface area contributed by atoms with Gasteiger partial charge in [-0.3, -0.25) is 4.79 Å². The van der Waals surface area contributed by atoms with Crippen LogP contribution in [0.4, 0.5) is 5.00 Å². The predicted octanol–water partition coefficient (Wildman–Crippen LogP) is 3.15. The van der Waals surface area contributed by atoms with Gasteiger partial charge in [-0.25, -0.2) is 0 Å². The first kappa shape index (κ1) is 17.5. The molecule has 1 aromatic carbocycles. The van der Waals surface area contributed by atoms with Gasteiger partial charge in [-0.1, -0.05) is 18.2 Å². The van der Waals surface area contributed by atoms with Gasteiger partial charge in [0, 0.05) is 17.8 Å². The van der Waals surface area contributed by atoms with Crippen molar-refractivity contribution in [3.05, 3.63) is 45.3 Å². The van der Waals surface area contributed by atoms with Gasteiger partial charge in [0.1, 0.15) is 16.8 Å². The molecular weight excluding hydrogens is 334 g/mol. The number of hydrogen-bond donors (Lipinski definition) is 2. The maximum atomic E-state index is 12.4. The molecule has 0 unspecified atom stereocenters. The van der Waals surface area contributed by atoms with Crippen molar-refractivity contribution in [2.75, 3.05) is 19.0 Å². The third-order valence-corrected chi connectivity index (χ3v) is 5.56. The summed E-state index contributed by atoms with van der Waals surface area (Å²) in [4.78, 5) is 13.5. The van der Waals surface area contributed by atoms with Crippen LogP contribution in [-0.4, -0.2) is 19.6 Å². The Morgan fingerprint density at radius 3 is 3.08 bits per heavy atom. The van der Waals surface area contributed by atoms with Gasteiger partial charge in [0.15, 0.2) is 0 Å². The SMILES string of the molecule is COc1c(C)cccc1CCC(=O)Nc1sc2c(c1C#N)CCNC2. The fraction of sp³-hybridized carbons (Fsp3) is 0.368. The molecule has 0 spiro atoms. The van der Waals surface area contributed by atoms with Crippen LogP contribution < -0.4 is 15.4 Å². The Labute approximate surface area is 151 Å². The average molecular weight is 355 g/mol. The molecule has 0 fully saturated rings. The van der Waals surface area contributed by atoms with Crippen molar-refractivity contribution in [2.24, 2.45) is 0 Å². The van der Waals surface area contributed by atoms with Crippen LogP contribution in [0.3, 0.4) is 0 Å². The predicted molar refractivity (Wildman–Crippen MR) is 99.1 cm³/mol. The Morgan fingerprint density at radius 2 is 2.32 bits per heavy atom. The summed E-state index contributed by atoms with van der Waals surface area (Å²) < 4.78 is 5.44. The third-order valence-electron chi connectivity index (χ3n) is 4.41. The number of aryl methyl sites for hydroxylation is 2. The molecule has 0 saturated carbocycles. The van der Waals surface area contributed by atoms with Gasteiger partial charge in [0.2, 0.25) is 5.91 Å². The van der Waals surface area contributed by atoms with Gasteiger partial charge in [-0.05, 0) is 43.0 Å². The van der Waals surface area contributed by atoms with Crippen LogP contribution in [0, 0.1) is 18.3 Å². The van der Waals surface area contributed by atoms with Crippen molar-refractivity contribution >= 4 is 22.2 Å². The number of ether oxygens (including phenoxy) is 1. The van der Waals surface area contributed by atoms with Gasteiger partial charge in [-0.2, -0.15) is 5.26 Å². The molecule has 25 heavy (non-hydrogen) atoms. The van der Waals surface area contributed by atoms with E-state index in [-0.39, 0.29) is 5.91 Å². The number of nitriles is 1. The van der Waals surface area contributed by atoms with Crippen LogP contribution in [0.15, 0.2) is 18.2 Å². The molecule has 2 aromatic rings. The number of methoxy groups -OCH3 is 1. The zero-order valence-corrected chi connectivity index (χ0v) is 15.3. The van der Waals surface area contributed by atoms with E-state index in [1.807, 2.05) is 25.1 Å². The van der Waals surface area contributed by atoms with Gasteiger partial charge in [0.05, 0.1) is 12.7 Å². The number of hydrogen-bond acceptors (Lipinski definition) is 5. The molecule has 1 amide bonds. The molecule has 1 aliphatic heterocycles. The number of thiophene rings is 1. The molecule has 3 rings (SSSR count). The summed E-state index contributed by atoms with van der Waals surface area (Å²) in [6, 6.07) is 8.20. The number of nitrogens with one attached hydrogen (secondary N) is 2. The van der Waals surface area contributed by atoms with E-state index >= 15 is 0 Å². The number of carbonyl (C=O) groups excluding carboxylic acids is 1. The van der Waals surface area contributed by atoms with E-state index in [2.05, 4.69) is 16.7 Å². The fourth-order valence-corrected chi connectivity index (χ4v) is 4.36. The molecule has 5 nitrogen and oxygen atoms in total. The highest BCUT2D eigenvalue weighted by Gasteiger charge is 2.21. The van der Waals surface area contributed by atoms with E-state index in [1.165, 1.54) is 11.3 Å². The summed E-state index contributed by atoms with van der Waals surface area (Å²) in [7, 11) is 1.65. The molecule has 6 heteroatoms. The highest BCUT2D eigenvalue weighted by atomic mass is 32.1. The van der Waals surface area contributed by atoms with E-state index < -0.39 is 0 Å². The Morgan fingerprint density at radius 1 is 1.48 bits per heavy atom. The Bertz CT molecular complexity index is 836. The minimum Gasteiger partial charge on any atom is -0.496 e. The van der Waals surface area contributed by atoms with Crippen molar-refractivity contribution < 1.29 is 9.53 Å². The van der Waals surface area contributed by atoms with Crippen LogP contribution in [0.5, 0.6) is 5.75 Å². The van der Waals surface area contributed by atoms with Crippen LogP contribution in [-0.2, 0) is 24.2 Å². The van der Waals surface area contributed by atoms with Gasteiger partial charge in [0.25, 0.3) is 0 Å². The number of nitrogens with zero attached hydrogens (tertiary/aromatic N) is 1. The molecule has 2 heterocycles. The van der Waals surface area contributed by atoms with Crippen LogP contribution in [0.1, 0.15) is 33.6 Å². The van der Waals surface area contributed by atoms with E-state index in [1.54, 1.807) is 7.11 Å². The fourth-order valence-electron chi connectivity index (χ4n) is 3.18. The number of para-hydroxylation sites is 1. The number of fused-ring (bicyclic) bond motifs is 1. The molecule has 0 aliphatic carbocycles. The molecule has 1 aliphatic rings. The van der Waals surface area contributed by atoms with Crippen LogP contribution in [0.25, 0.3) is 0 Å². The summed E-state index contributed by atoms with van der Waals surface area (Å²) in [6.45, 7) is 3.63. The highest BCUT2D eigenvalue weighted by molar-refractivity contribution is 7.16. The monoisotopic (exact) mass is 355 g/mol. The summed E-state index contributed by atoms with van der Waals surface area (Å²) in [6.07, 6.45) is 1.79. The molecule has 2 N–H and O–H groups in total. The molecule has 1 aromatic heterocycles. The van der Waals surface area contributed by atoms with Crippen molar-refractivity contribution in [3.8, 4) is 11.8 Å². The molecular formula is C19H21N3O2S. The van der Waals surface area contributed by atoms with E-state index in [4.69, 9.17) is 4.74 Å². The molecule has 0 saturated heterocycles. The standard InChI is InChI=1S/C19H21N3O2S/c1-12-4-3-5-13(18(12)24-2)6-7-17(23)22-19-15(10-20)14-8-9-21-11-16(14)25-19/h3-5,21H,6-9,11H2,1-2H3,(H,22,23). The van der Waals surface area contributed by atoms with Crippen molar-refractivity contribution in [3.63, 3.8) is 0 Å². The van der Waals surface area contributed by atoms with Crippen LogP contribution in [0.2, 0.25) is 0 Å². The van der Waals surface area contributed by atoms with Gasteiger partial charge < -0.3 is 15.4 Å². The second-order valence-electron chi connectivity index (χ2n) is 6.06. The summed E-state index contributed by atoms with van der Waals surface area (Å²) in [5.41, 5.74) is 3.79. The first-order valence-corrected chi connectivity index (χ1v) is 9.13. The Kier molecular flexibility index (Phi) is 5.37. The summed E-state index contributed by atoms with van der Waals surface area (Å²) >= 11 is 1.51. The van der Waals surface area contributed by atoms with E-state index in [0.29, 0.717) is 23.4 Å². The zero-order chi connectivity index (χ0) is 17.8. The maximum absolute atomic E-state index is 12.4. The van der Waals surface area contributed by atoms with Crippen molar-refractivity contribution in [2.45, 2.75) is 32.7 Å². The van der Waals surface area contributed by atoms with E-state index in [0.717, 1.165) is 46.8 Å². The lowest BCUT2D eigenvalue weighted by molar-refractivity contribution is -0.116. The second kappa shape index (κ2) is 7.68. The largest absolute Gasteiger partial charge is 0.496 e. The molecule has 0 atom stereocenters. The number of amides is 1. The first-order valence-electron chi connectivity index (χ1n) is 8.31. The minimum atomic E-state index is -0.0772. The molecule has 0 bridgehead atoms. The second-order valence-corrected chi connectivity index (χ2v) is 7.17. The number of rotatable bonds is 5. The highest BCUT2D eigenvalue weighted by Crippen LogP contribution is 2.35. The van der Waals surface area contributed by atoms with E-state index in [9.17, 15) is 10.1 Å². The summed E-state index contributed by atoms with van der Waals surface area (Å²) in [5, 5.41) is 16.4. The van der Waals surface area contributed by atoms with Crippen LogP contribution >= 0.6 is 11.3 Å². The number of benzene rings is 1. The van der Waals surface area contributed by atoms with Gasteiger partial charge in [-0.15, -0.1) is 11.3 Å². The zero-order valence-electron chi connectivity index (χ0n) is 14.4. The number of carbonyl (C=O) groups is 1. The lowest BCUT2D eigenvalue weighted by Crippen LogP contribution is -2.22. The Balaban J connectivity index is 1.69. The lowest BCUT2D eigenvalue weighted by atomic mass is 10.0.